The molecule has 0 aromatic heterocycles. The van der Waals surface area contributed by atoms with Gasteiger partial charge in [0.25, 0.3) is 0 Å². The van der Waals surface area contributed by atoms with E-state index in [4.69, 9.17) is 5.73 Å². The summed E-state index contributed by atoms with van der Waals surface area (Å²) in [6.07, 6.45) is 3.97. The Morgan fingerprint density at radius 1 is 1.31 bits per heavy atom. The van der Waals surface area contributed by atoms with Gasteiger partial charge in [-0.05, 0) is 43.4 Å². The summed E-state index contributed by atoms with van der Waals surface area (Å²) in [6.45, 7) is 6.79. The Hall–Kier alpha value is -1.18. The Labute approximate surface area is 98.4 Å². The van der Waals surface area contributed by atoms with Gasteiger partial charge >= 0.3 is 0 Å². The molecule has 0 radical (unpaired) electrons. The van der Waals surface area contributed by atoms with Crippen LogP contribution in [0.15, 0.2) is 18.2 Å². The summed E-state index contributed by atoms with van der Waals surface area (Å²) in [5.74, 6) is 0.928. The van der Waals surface area contributed by atoms with Crippen LogP contribution < -0.4 is 10.6 Å². The molecule has 1 saturated heterocycles. The zero-order valence-electron chi connectivity index (χ0n) is 10.4. The first kappa shape index (κ1) is 11.3. The molecule has 16 heavy (non-hydrogen) atoms. The second kappa shape index (κ2) is 4.77. The van der Waals surface area contributed by atoms with E-state index in [0.29, 0.717) is 0 Å². The van der Waals surface area contributed by atoms with Crippen LogP contribution in [0.2, 0.25) is 0 Å². The lowest BCUT2D eigenvalue weighted by atomic mass is 9.94. The van der Waals surface area contributed by atoms with Crippen molar-refractivity contribution in [3.05, 3.63) is 23.8 Å². The van der Waals surface area contributed by atoms with E-state index >= 15 is 0 Å². The van der Waals surface area contributed by atoms with Gasteiger partial charge in [0, 0.05) is 24.5 Å². The molecule has 88 valence electrons. The number of nitrogens with zero attached hydrogens (tertiary/aromatic N) is 1. The number of piperidine rings is 1. The Bertz CT molecular complexity index is 352. The van der Waals surface area contributed by atoms with E-state index in [1.165, 1.54) is 43.6 Å². The Kier molecular flexibility index (Phi) is 3.37. The number of rotatable bonds is 2. The van der Waals surface area contributed by atoms with Crippen LogP contribution in [0.25, 0.3) is 0 Å². The summed E-state index contributed by atoms with van der Waals surface area (Å²) in [7, 11) is 0. The fourth-order valence-corrected chi connectivity index (χ4v) is 2.57. The highest BCUT2D eigenvalue weighted by Gasteiger charge is 2.19. The first-order chi connectivity index (χ1) is 7.72. The highest BCUT2D eigenvalue weighted by atomic mass is 15.1. The van der Waals surface area contributed by atoms with E-state index in [9.17, 15) is 0 Å². The molecular formula is C14H22N2. The van der Waals surface area contributed by atoms with Gasteiger partial charge in [-0.1, -0.05) is 19.4 Å². The van der Waals surface area contributed by atoms with Crippen LogP contribution >= 0.6 is 0 Å². The molecule has 2 heteroatoms. The fourth-order valence-electron chi connectivity index (χ4n) is 2.57. The molecule has 0 saturated carbocycles. The zero-order valence-corrected chi connectivity index (χ0v) is 10.4. The molecule has 0 aliphatic carbocycles. The van der Waals surface area contributed by atoms with Crippen LogP contribution in [0.5, 0.6) is 0 Å². The van der Waals surface area contributed by atoms with Crippen molar-refractivity contribution >= 4 is 11.4 Å². The van der Waals surface area contributed by atoms with Gasteiger partial charge in [-0.15, -0.1) is 0 Å². The van der Waals surface area contributed by atoms with E-state index in [2.05, 4.69) is 30.9 Å². The van der Waals surface area contributed by atoms with Gasteiger partial charge in [-0.25, -0.2) is 0 Å². The zero-order chi connectivity index (χ0) is 11.5. The Morgan fingerprint density at radius 2 is 2.00 bits per heavy atom. The minimum atomic E-state index is 0.912. The Balaban J connectivity index is 2.11. The molecule has 0 unspecified atom stereocenters. The van der Waals surface area contributed by atoms with Gasteiger partial charge in [-0.3, -0.25) is 0 Å². The summed E-state index contributed by atoms with van der Waals surface area (Å²) >= 11 is 0. The molecule has 1 aliphatic heterocycles. The quantitative estimate of drug-likeness (QED) is 0.772. The molecule has 2 rings (SSSR count). The molecule has 1 aromatic rings. The standard InChI is InChI=1S/C14H22N2/c1-3-12-7-9-16(10-8-12)14-6-4-5-13(15)11(14)2/h4-6,12H,3,7-10,15H2,1-2H3. The number of nitrogen functional groups attached to an aromatic ring is 1. The van der Waals surface area contributed by atoms with Crippen molar-refractivity contribution in [3.63, 3.8) is 0 Å². The molecular weight excluding hydrogens is 196 g/mol. The van der Waals surface area contributed by atoms with Crippen LogP contribution in [0.3, 0.4) is 0 Å². The average molecular weight is 218 g/mol. The van der Waals surface area contributed by atoms with E-state index in [1.807, 2.05) is 6.07 Å². The van der Waals surface area contributed by atoms with Crippen molar-refractivity contribution in [3.8, 4) is 0 Å². The highest BCUT2D eigenvalue weighted by Crippen LogP contribution is 2.29. The molecule has 0 bridgehead atoms. The molecule has 1 aliphatic rings. The van der Waals surface area contributed by atoms with E-state index < -0.39 is 0 Å². The van der Waals surface area contributed by atoms with Gasteiger partial charge in [0.1, 0.15) is 0 Å². The molecule has 1 aromatic carbocycles. The van der Waals surface area contributed by atoms with Crippen molar-refractivity contribution in [2.24, 2.45) is 5.92 Å². The predicted molar refractivity (Wildman–Crippen MR) is 70.8 cm³/mol. The number of anilines is 2. The highest BCUT2D eigenvalue weighted by molar-refractivity contribution is 5.64. The van der Waals surface area contributed by atoms with Gasteiger partial charge in [0.05, 0.1) is 0 Å². The van der Waals surface area contributed by atoms with Crippen LogP contribution in [0, 0.1) is 12.8 Å². The average Bonchev–Trinajstić information content (AvgIpc) is 2.33. The molecule has 0 spiro atoms. The molecule has 0 amide bonds. The molecule has 1 heterocycles. The van der Waals surface area contributed by atoms with Crippen molar-refractivity contribution < 1.29 is 0 Å². The van der Waals surface area contributed by atoms with E-state index in [1.54, 1.807) is 0 Å². The number of benzene rings is 1. The predicted octanol–water partition coefficient (Wildman–Crippen LogP) is 3.20. The maximum absolute atomic E-state index is 5.95. The van der Waals surface area contributed by atoms with Gasteiger partial charge in [0.2, 0.25) is 0 Å². The molecule has 2 nitrogen and oxygen atoms in total. The normalized spacial score (nSPS) is 17.8. The molecule has 1 fully saturated rings. The molecule has 2 N–H and O–H groups in total. The third kappa shape index (κ3) is 2.16. The largest absolute Gasteiger partial charge is 0.398 e. The second-order valence-corrected chi connectivity index (χ2v) is 4.83. The second-order valence-electron chi connectivity index (χ2n) is 4.83. The third-order valence-corrected chi connectivity index (χ3v) is 3.88. The van der Waals surface area contributed by atoms with Crippen LogP contribution in [0.1, 0.15) is 31.7 Å². The number of hydrogen-bond donors (Lipinski definition) is 1. The van der Waals surface area contributed by atoms with E-state index in [0.717, 1.165) is 11.6 Å². The van der Waals surface area contributed by atoms with Crippen LogP contribution in [-0.2, 0) is 0 Å². The van der Waals surface area contributed by atoms with E-state index in [-0.39, 0.29) is 0 Å². The topological polar surface area (TPSA) is 29.3 Å². The van der Waals surface area contributed by atoms with Crippen LogP contribution in [-0.4, -0.2) is 13.1 Å². The first-order valence-electron chi connectivity index (χ1n) is 6.32. The number of nitrogens with two attached hydrogens (primary N) is 1. The Morgan fingerprint density at radius 3 is 2.62 bits per heavy atom. The van der Waals surface area contributed by atoms with Gasteiger partial charge < -0.3 is 10.6 Å². The fraction of sp³-hybridized carbons (Fsp3) is 0.571. The van der Waals surface area contributed by atoms with Crippen molar-refractivity contribution in [1.29, 1.82) is 0 Å². The number of hydrogen-bond acceptors (Lipinski definition) is 2. The monoisotopic (exact) mass is 218 g/mol. The first-order valence-corrected chi connectivity index (χ1v) is 6.32. The summed E-state index contributed by atoms with van der Waals surface area (Å²) in [5, 5.41) is 0. The maximum atomic E-state index is 5.95. The van der Waals surface area contributed by atoms with Crippen LogP contribution in [0.4, 0.5) is 11.4 Å². The SMILES string of the molecule is CCC1CCN(c2cccc(N)c2C)CC1. The molecule has 0 atom stereocenters. The summed E-state index contributed by atoms with van der Waals surface area (Å²) in [6, 6.07) is 6.24. The van der Waals surface area contributed by atoms with Crippen molar-refractivity contribution in [2.45, 2.75) is 33.1 Å². The van der Waals surface area contributed by atoms with Crippen molar-refractivity contribution in [1.82, 2.24) is 0 Å². The van der Waals surface area contributed by atoms with Gasteiger partial charge in [-0.2, -0.15) is 0 Å². The van der Waals surface area contributed by atoms with Gasteiger partial charge in [0.15, 0.2) is 0 Å². The third-order valence-electron chi connectivity index (χ3n) is 3.88. The lowest BCUT2D eigenvalue weighted by molar-refractivity contribution is 0.395. The lowest BCUT2D eigenvalue weighted by Gasteiger charge is -2.34. The summed E-state index contributed by atoms with van der Waals surface area (Å²) < 4.78 is 0. The summed E-state index contributed by atoms with van der Waals surface area (Å²) in [4.78, 5) is 2.48. The smallest absolute Gasteiger partial charge is 0.0416 e. The lowest BCUT2D eigenvalue weighted by Crippen LogP contribution is -2.33. The maximum Gasteiger partial charge on any atom is 0.0416 e. The van der Waals surface area contributed by atoms with Crippen molar-refractivity contribution in [2.75, 3.05) is 23.7 Å². The summed E-state index contributed by atoms with van der Waals surface area (Å²) in [5.41, 5.74) is 9.43. The minimum Gasteiger partial charge on any atom is -0.398 e. The minimum absolute atomic E-state index is 0.912.